The molecule has 1 unspecified atom stereocenters. The van der Waals surface area contributed by atoms with E-state index in [9.17, 15) is 19.8 Å². The predicted octanol–water partition coefficient (Wildman–Crippen LogP) is 4.39. The fourth-order valence-electron chi connectivity index (χ4n) is 6.71. The minimum absolute atomic E-state index is 0.160. The number of carboxylic acids is 1. The molecule has 3 aliphatic carbocycles. The van der Waals surface area contributed by atoms with Crippen molar-refractivity contribution >= 4 is 18.0 Å². The molecule has 0 aliphatic heterocycles. The highest BCUT2D eigenvalue weighted by Crippen LogP contribution is 2.62. The molecule has 2 aromatic rings. The number of carbonyl (C=O) groups is 2. The molecule has 0 heterocycles. The van der Waals surface area contributed by atoms with Crippen molar-refractivity contribution in [2.24, 2.45) is 23.0 Å². The topological polar surface area (TPSA) is 101 Å². The number of nitrogens with two attached hydrogens (primary N) is 1. The fraction of sp³-hybridized carbons (Fsp3) is 0.407. The molecule has 0 spiro atoms. The Hall–Kier alpha value is -2.92. The van der Waals surface area contributed by atoms with Crippen molar-refractivity contribution in [1.29, 1.82) is 0 Å². The summed E-state index contributed by atoms with van der Waals surface area (Å²) >= 11 is 0. The molecule has 2 aromatic carbocycles. The molecule has 2 saturated carbocycles. The molecule has 5 nitrogen and oxygen atoms in total. The Bertz CT molecular complexity index is 1140. The van der Waals surface area contributed by atoms with Crippen LogP contribution in [0.1, 0.15) is 75.9 Å². The molecule has 0 bridgehead atoms. The van der Waals surface area contributed by atoms with Gasteiger partial charge in [0.2, 0.25) is 5.91 Å². The summed E-state index contributed by atoms with van der Waals surface area (Å²) < 4.78 is 0. The zero-order valence-electron chi connectivity index (χ0n) is 18.3. The number of aliphatic hydroxyl groups excluding tert-OH is 1. The van der Waals surface area contributed by atoms with Gasteiger partial charge in [-0.25, -0.2) is 4.79 Å². The minimum Gasteiger partial charge on any atom is -0.478 e. The van der Waals surface area contributed by atoms with Gasteiger partial charge in [0.25, 0.3) is 0 Å². The summed E-state index contributed by atoms with van der Waals surface area (Å²) in [5.41, 5.74) is 10.5. The van der Waals surface area contributed by atoms with Gasteiger partial charge < -0.3 is 15.9 Å². The highest BCUT2D eigenvalue weighted by atomic mass is 16.4. The average molecular weight is 432 g/mol. The van der Waals surface area contributed by atoms with Gasteiger partial charge in [-0.15, -0.1) is 0 Å². The molecule has 166 valence electrons. The SMILES string of the molecule is C[C@]12CC[C@@H]3c4ccc(C(=O)O)cc4CC[C@H]3[C@@H]1CC(=Cc1cccc(C(N)=O)c1)C2O. The van der Waals surface area contributed by atoms with Crippen LogP contribution in [0.3, 0.4) is 0 Å². The molecule has 2 fully saturated rings. The van der Waals surface area contributed by atoms with Crippen molar-refractivity contribution in [2.45, 2.75) is 51.0 Å². The van der Waals surface area contributed by atoms with Crippen molar-refractivity contribution < 1.29 is 19.8 Å². The lowest BCUT2D eigenvalue weighted by Gasteiger charge is -2.49. The van der Waals surface area contributed by atoms with Crippen molar-refractivity contribution in [3.63, 3.8) is 0 Å². The lowest BCUT2D eigenvalue weighted by atomic mass is 9.55. The fourth-order valence-corrected chi connectivity index (χ4v) is 6.71. The van der Waals surface area contributed by atoms with Crippen LogP contribution in [-0.2, 0) is 6.42 Å². The standard InChI is InChI=1S/C27H29NO4/c1-27-10-9-21-20-7-6-18(26(31)32)13-16(20)5-8-22(21)23(27)14-19(24(27)29)12-15-3-2-4-17(11-15)25(28)30/h2-4,6-7,11-13,21-24,29H,5,8-10,14H2,1H3,(H2,28,30)(H,31,32)/t21-,22-,23+,24?,27+/m1/s1. The predicted molar refractivity (Wildman–Crippen MR) is 122 cm³/mol. The summed E-state index contributed by atoms with van der Waals surface area (Å²) in [5.74, 6) is -0.0409. The third-order valence-corrected chi connectivity index (χ3v) is 8.37. The van der Waals surface area contributed by atoms with E-state index in [1.54, 1.807) is 18.2 Å². The Balaban J connectivity index is 1.45. The monoisotopic (exact) mass is 431 g/mol. The zero-order chi connectivity index (χ0) is 22.6. The number of benzene rings is 2. The van der Waals surface area contributed by atoms with Crippen molar-refractivity contribution in [2.75, 3.05) is 0 Å². The quantitative estimate of drug-likeness (QED) is 0.671. The number of fused-ring (bicyclic) bond motifs is 5. The van der Waals surface area contributed by atoms with Gasteiger partial charge in [-0.05, 0) is 96.4 Å². The summed E-state index contributed by atoms with van der Waals surface area (Å²) in [6.07, 6.45) is 6.25. The number of aryl methyl sites for hydroxylation is 1. The third-order valence-electron chi connectivity index (χ3n) is 8.37. The summed E-state index contributed by atoms with van der Waals surface area (Å²) in [6, 6.07) is 12.9. The Kier molecular flexibility index (Phi) is 4.97. The Morgan fingerprint density at radius 2 is 1.94 bits per heavy atom. The number of hydrogen-bond acceptors (Lipinski definition) is 3. The van der Waals surface area contributed by atoms with Crippen LogP contribution in [-0.4, -0.2) is 28.2 Å². The second-order valence-corrected chi connectivity index (χ2v) is 9.99. The first-order chi connectivity index (χ1) is 15.3. The molecule has 3 aliphatic rings. The molecule has 1 amide bonds. The van der Waals surface area contributed by atoms with Gasteiger partial charge in [0, 0.05) is 11.0 Å². The van der Waals surface area contributed by atoms with Crippen LogP contribution in [0.2, 0.25) is 0 Å². The van der Waals surface area contributed by atoms with Crippen LogP contribution in [0.15, 0.2) is 48.0 Å². The van der Waals surface area contributed by atoms with E-state index >= 15 is 0 Å². The van der Waals surface area contributed by atoms with Crippen LogP contribution < -0.4 is 5.73 Å². The number of rotatable bonds is 3. The number of carboxylic acid groups (broad SMARTS) is 1. The van der Waals surface area contributed by atoms with E-state index in [1.807, 2.05) is 30.3 Å². The second kappa shape index (κ2) is 7.59. The molecule has 5 heteroatoms. The van der Waals surface area contributed by atoms with E-state index in [0.29, 0.717) is 28.9 Å². The molecular weight excluding hydrogens is 402 g/mol. The Morgan fingerprint density at radius 1 is 1.12 bits per heavy atom. The van der Waals surface area contributed by atoms with Gasteiger partial charge in [0.1, 0.15) is 0 Å². The van der Waals surface area contributed by atoms with E-state index in [-0.39, 0.29) is 5.41 Å². The molecule has 4 N–H and O–H groups in total. The maximum atomic E-state index is 11.5. The van der Waals surface area contributed by atoms with Gasteiger partial charge in [-0.2, -0.15) is 0 Å². The first-order valence-corrected chi connectivity index (χ1v) is 11.4. The Labute approximate surface area is 188 Å². The first kappa shape index (κ1) is 21.0. The van der Waals surface area contributed by atoms with Gasteiger partial charge in [0.15, 0.2) is 0 Å². The van der Waals surface area contributed by atoms with Gasteiger partial charge in [0.05, 0.1) is 11.7 Å². The molecular formula is C27H29NO4. The summed E-state index contributed by atoms with van der Waals surface area (Å²) in [6.45, 7) is 2.22. The number of carbonyl (C=O) groups excluding carboxylic acids is 1. The number of aromatic carboxylic acids is 1. The zero-order valence-corrected chi connectivity index (χ0v) is 18.3. The average Bonchev–Trinajstić information content (AvgIpc) is 3.03. The first-order valence-electron chi connectivity index (χ1n) is 11.4. The summed E-state index contributed by atoms with van der Waals surface area (Å²) in [5, 5.41) is 20.7. The lowest BCUT2D eigenvalue weighted by molar-refractivity contribution is -0.0158. The number of primary amides is 1. The minimum atomic E-state index is -0.875. The van der Waals surface area contributed by atoms with Crippen molar-refractivity contribution in [1.82, 2.24) is 0 Å². The van der Waals surface area contributed by atoms with Crippen LogP contribution in [0.25, 0.3) is 6.08 Å². The smallest absolute Gasteiger partial charge is 0.335 e. The Morgan fingerprint density at radius 3 is 2.69 bits per heavy atom. The van der Waals surface area contributed by atoms with E-state index in [4.69, 9.17) is 5.73 Å². The van der Waals surface area contributed by atoms with E-state index in [0.717, 1.165) is 43.2 Å². The number of hydrogen-bond donors (Lipinski definition) is 3. The highest BCUT2D eigenvalue weighted by Gasteiger charge is 2.56. The third kappa shape index (κ3) is 3.27. The van der Waals surface area contributed by atoms with E-state index in [2.05, 4.69) is 6.92 Å². The van der Waals surface area contributed by atoms with Crippen LogP contribution >= 0.6 is 0 Å². The van der Waals surface area contributed by atoms with Gasteiger partial charge in [-0.3, -0.25) is 4.79 Å². The number of aliphatic hydroxyl groups is 1. The molecule has 5 rings (SSSR count). The van der Waals surface area contributed by atoms with Crippen LogP contribution in [0.5, 0.6) is 0 Å². The normalized spacial score (nSPS) is 32.1. The summed E-state index contributed by atoms with van der Waals surface area (Å²) in [4.78, 5) is 22.9. The lowest BCUT2D eigenvalue weighted by Crippen LogP contribution is -2.44. The molecule has 0 radical (unpaired) electrons. The van der Waals surface area contributed by atoms with Crippen molar-refractivity contribution in [3.8, 4) is 0 Å². The van der Waals surface area contributed by atoms with E-state index < -0.39 is 18.0 Å². The molecule has 32 heavy (non-hydrogen) atoms. The van der Waals surface area contributed by atoms with E-state index in [1.165, 1.54) is 11.1 Å². The van der Waals surface area contributed by atoms with Crippen LogP contribution in [0.4, 0.5) is 0 Å². The number of amides is 1. The summed E-state index contributed by atoms with van der Waals surface area (Å²) in [7, 11) is 0. The molecule has 0 aromatic heterocycles. The maximum absolute atomic E-state index is 11.5. The van der Waals surface area contributed by atoms with Gasteiger partial charge >= 0.3 is 5.97 Å². The highest BCUT2D eigenvalue weighted by molar-refractivity contribution is 5.93. The van der Waals surface area contributed by atoms with Crippen LogP contribution in [0, 0.1) is 17.3 Å². The largest absolute Gasteiger partial charge is 0.478 e. The van der Waals surface area contributed by atoms with Gasteiger partial charge in [-0.1, -0.05) is 31.2 Å². The van der Waals surface area contributed by atoms with Crippen molar-refractivity contribution in [3.05, 3.63) is 75.9 Å². The maximum Gasteiger partial charge on any atom is 0.335 e. The molecule has 0 saturated heterocycles. The molecule has 5 atom stereocenters. The second-order valence-electron chi connectivity index (χ2n) is 9.99.